The van der Waals surface area contributed by atoms with Gasteiger partial charge in [0.05, 0.1) is 12.9 Å². The van der Waals surface area contributed by atoms with Crippen LogP contribution in [0, 0.1) is 3.57 Å². The maximum atomic E-state index is 11.9. The van der Waals surface area contributed by atoms with Gasteiger partial charge in [-0.05, 0) is 40.3 Å². The molecule has 0 aliphatic rings. The summed E-state index contributed by atoms with van der Waals surface area (Å²) in [6.45, 7) is 0.359. The SMILES string of the molecule is NC(=O)c1ccc(Cn2cnc(Cl)c(I)c2=O)cc1. The van der Waals surface area contributed by atoms with E-state index < -0.39 is 5.91 Å². The third kappa shape index (κ3) is 3.13. The fourth-order valence-corrected chi connectivity index (χ4v) is 2.10. The summed E-state index contributed by atoms with van der Waals surface area (Å²) in [7, 11) is 0. The molecule has 0 aliphatic heterocycles. The van der Waals surface area contributed by atoms with Crippen molar-refractivity contribution in [3.63, 3.8) is 0 Å². The van der Waals surface area contributed by atoms with Gasteiger partial charge in [0.15, 0.2) is 0 Å². The molecule has 98 valence electrons. The van der Waals surface area contributed by atoms with E-state index in [1.165, 1.54) is 10.9 Å². The zero-order valence-corrected chi connectivity index (χ0v) is 12.6. The number of amides is 1. The minimum atomic E-state index is -0.480. The van der Waals surface area contributed by atoms with Crippen LogP contribution in [0.15, 0.2) is 35.4 Å². The standard InChI is InChI=1S/C12H9ClIN3O2/c13-10-9(14)12(19)17(6-16-10)5-7-1-3-8(4-2-7)11(15)18/h1-4,6H,5H2,(H2,15,18). The van der Waals surface area contributed by atoms with Crippen LogP contribution < -0.4 is 11.3 Å². The van der Waals surface area contributed by atoms with E-state index in [4.69, 9.17) is 17.3 Å². The molecule has 0 unspecified atom stereocenters. The van der Waals surface area contributed by atoms with Crippen LogP contribution in [0.4, 0.5) is 0 Å². The Kier molecular flexibility index (Phi) is 4.20. The van der Waals surface area contributed by atoms with Crippen molar-refractivity contribution in [2.24, 2.45) is 5.73 Å². The molecule has 2 N–H and O–H groups in total. The molecule has 1 heterocycles. The average molecular weight is 390 g/mol. The van der Waals surface area contributed by atoms with Crippen LogP contribution in [-0.4, -0.2) is 15.5 Å². The number of aromatic nitrogens is 2. The van der Waals surface area contributed by atoms with Gasteiger partial charge in [-0.3, -0.25) is 14.2 Å². The van der Waals surface area contributed by atoms with Crippen molar-refractivity contribution in [3.8, 4) is 0 Å². The number of nitrogens with two attached hydrogens (primary N) is 1. The second kappa shape index (κ2) is 5.70. The van der Waals surface area contributed by atoms with Crippen LogP contribution in [0.2, 0.25) is 5.15 Å². The lowest BCUT2D eigenvalue weighted by molar-refractivity contribution is 0.100. The number of primary amides is 1. The molecule has 0 aliphatic carbocycles. The Hall–Kier alpha value is -1.41. The van der Waals surface area contributed by atoms with Gasteiger partial charge in [-0.1, -0.05) is 23.7 Å². The number of carbonyl (C=O) groups is 1. The monoisotopic (exact) mass is 389 g/mol. The van der Waals surface area contributed by atoms with Crippen LogP contribution in [0.1, 0.15) is 15.9 Å². The molecule has 2 rings (SSSR count). The number of hydrogen-bond acceptors (Lipinski definition) is 3. The highest BCUT2D eigenvalue weighted by Gasteiger charge is 2.07. The Balaban J connectivity index is 2.29. The highest BCUT2D eigenvalue weighted by molar-refractivity contribution is 14.1. The molecule has 1 aromatic carbocycles. The van der Waals surface area contributed by atoms with Crippen molar-refractivity contribution in [1.82, 2.24) is 9.55 Å². The first-order valence-electron chi connectivity index (χ1n) is 5.28. The Bertz CT molecular complexity index is 682. The van der Waals surface area contributed by atoms with Gasteiger partial charge in [0.25, 0.3) is 5.56 Å². The molecule has 0 bridgehead atoms. The smallest absolute Gasteiger partial charge is 0.268 e. The largest absolute Gasteiger partial charge is 0.366 e. The summed E-state index contributed by atoms with van der Waals surface area (Å²) in [4.78, 5) is 26.8. The van der Waals surface area contributed by atoms with Gasteiger partial charge in [-0.15, -0.1) is 0 Å². The summed E-state index contributed by atoms with van der Waals surface area (Å²) in [5.74, 6) is -0.480. The Morgan fingerprint density at radius 1 is 1.37 bits per heavy atom. The van der Waals surface area contributed by atoms with Crippen LogP contribution in [0.25, 0.3) is 0 Å². The molecule has 7 heteroatoms. The van der Waals surface area contributed by atoms with Gasteiger partial charge in [0.1, 0.15) is 8.72 Å². The van der Waals surface area contributed by atoms with E-state index in [1.807, 2.05) is 22.6 Å². The second-order valence-corrected chi connectivity index (χ2v) is 5.28. The summed E-state index contributed by atoms with van der Waals surface area (Å²) in [5, 5.41) is 0.200. The lowest BCUT2D eigenvalue weighted by Gasteiger charge is -2.06. The van der Waals surface area contributed by atoms with Crippen molar-refractivity contribution in [2.75, 3.05) is 0 Å². The molecule has 0 radical (unpaired) electrons. The Labute approximate surface area is 127 Å². The average Bonchev–Trinajstić information content (AvgIpc) is 2.40. The van der Waals surface area contributed by atoms with Crippen LogP contribution >= 0.6 is 34.2 Å². The number of benzene rings is 1. The van der Waals surface area contributed by atoms with E-state index >= 15 is 0 Å². The summed E-state index contributed by atoms with van der Waals surface area (Å²) in [6, 6.07) is 6.73. The summed E-state index contributed by atoms with van der Waals surface area (Å²) in [6.07, 6.45) is 1.40. The molecule has 0 atom stereocenters. The molecule has 1 aromatic heterocycles. The van der Waals surface area contributed by atoms with Gasteiger partial charge in [0, 0.05) is 5.56 Å². The molecule has 2 aromatic rings. The second-order valence-electron chi connectivity index (χ2n) is 3.84. The third-order valence-electron chi connectivity index (χ3n) is 2.53. The lowest BCUT2D eigenvalue weighted by Crippen LogP contribution is -2.23. The minimum absolute atomic E-state index is 0.195. The predicted molar refractivity (Wildman–Crippen MR) is 80.3 cm³/mol. The molecule has 19 heavy (non-hydrogen) atoms. The minimum Gasteiger partial charge on any atom is -0.366 e. The quantitative estimate of drug-likeness (QED) is 0.640. The molecular formula is C12H9ClIN3O2. The van der Waals surface area contributed by atoms with Crippen molar-refractivity contribution < 1.29 is 4.79 Å². The van der Waals surface area contributed by atoms with Crippen molar-refractivity contribution in [2.45, 2.75) is 6.54 Å². The summed E-state index contributed by atoms with van der Waals surface area (Å²) < 4.78 is 1.84. The van der Waals surface area contributed by atoms with Crippen molar-refractivity contribution in [1.29, 1.82) is 0 Å². The molecule has 5 nitrogen and oxygen atoms in total. The molecule has 1 amide bonds. The molecule has 0 saturated heterocycles. The van der Waals surface area contributed by atoms with Gasteiger partial charge in [-0.25, -0.2) is 4.98 Å². The first-order chi connectivity index (χ1) is 8.99. The summed E-state index contributed by atoms with van der Waals surface area (Å²) in [5.41, 5.74) is 6.26. The van der Waals surface area contributed by atoms with Crippen LogP contribution in [-0.2, 0) is 6.54 Å². The van der Waals surface area contributed by atoms with Gasteiger partial charge in [0.2, 0.25) is 5.91 Å². The number of carbonyl (C=O) groups excluding carboxylic acids is 1. The molecule has 0 fully saturated rings. The highest BCUT2D eigenvalue weighted by atomic mass is 127. The van der Waals surface area contributed by atoms with Crippen molar-refractivity contribution >= 4 is 40.1 Å². The van der Waals surface area contributed by atoms with E-state index in [0.29, 0.717) is 15.7 Å². The highest BCUT2D eigenvalue weighted by Crippen LogP contribution is 2.10. The number of hydrogen-bond donors (Lipinski definition) is 1. The topological polar surface area (TPSA) is 78.0 Å². The number of halogens is 2. The van der Waals surface area contributed by atoms with Crippen LogP contribution in [0.5, 0.6) is 0 Å². The Morgan fingerprint density at radius 2 is 2.00 bits per heavy atom. The van der Waals surface area contributed by atoms with E-state index in [0.717, 1.165) is 5.56 Å². The van der Waals surface area contributed by atoms with Gasteiger partial charge in [-0.2, -0.15) is 0 Å². The number of rotatable bonds is 3. The first kappa shape index (κ1) is 14.0. The van der Waals surface area contributed by atoms with E-state index in [9.17, 15) is 9.59 Å². The normalized spacial score (nSPS) is 10.4. The zero-order chi connectivity index (χ0) is 14.0. The predicted octanol–water partition coefficient (Wildman–Crippen LogP) is 1.65. The van der Waals surface area contributed by atoms with Crippen molar-refractivity contribution in [3.05, 3.63) is 60.8 Å². The first-order valence-corrected chi connectivity index (χ1v) is 6.74. The fraction of sp³-hybridized carbons (Fsp3) is 0.0833. The molecular weight excluding hydrogens is 381 g/mol. The van der Waals surface area contributed by atoms with Gasteiger partial charge < -0.3 is 5.73 Å². The van der Waals surface area contributed by atoms with Gasteiger partial charge >= 0.3 is 0 Å². The van der Waals surface area contributed by atoms with E-state index in [1.54, 1.807) is 24.3 Å². The molecule has 0 spiro atoms. The summed E-state index contributed by atoms with van der Waals surface area (Å²) >= 11 is 7.62. The fourth-order valence-electron chi connectivity index (χ4n) is 1.53. The van der Waals surface area contributed by atoms with Crippen LogP contribution in [0.3, 0.4) is 0 Å². The zero-order valence-electron chi connectivity index (χ0n) is 9.64. The third-order valence-corrected chi connectivity index (χ3v) is 4.11. The number of nitrogens with zero attached hydrogens (tertiary/aromatic N) is 2. The van der Waals surface area contributed by atoms with E-state index in [-0.39, 0.29) is 10.7 Å². The van der Waals surface area contributed by atoms with E-state index in [2.05, 4.69) is 4.98 Å². The maximum Gasteiger partial charge on any atom is 0.268 e. The molecule has 0 saturated carbocycles. The Morgan fingerprint density at radius 3 is 2.58 bits per heavy atom. The lowest BCUT2D eigenvalue weighted by atomic mass is 10.1. The maximum absolute atomic E-state index is 11.9.